The van der Waals surface area contributed by atoms with E-state index < -0.39 is 0 Å². The lowest BCUT2D eigenvalue weighted by atomic mass is 9.97. The summed E-state index contributed by atoms with van der Waals surface area (Å²) in [4.78, 5) is 21.8. The number of likely N-dealkylation sites (tertiary alicyclic amines) is 1. The molecule has 142 valence electrons. The van der Waals surface area contributed by atoms with Gasteiger partial charge in [0.05, 0.1) is 6.42 Å². The first-order chi connectivity index (χ1) is 13.8. The summed E-state index contributed by atoms with van der Waals surface area (Å²) in [6.45, 7) is 1.54. The number of aromatic nitrogens is 3. The normalized spacial score (nSPS) is 17.3. The molecule has 5 heterocycles. The predicted octanol–water partition coefficient (Wildman–Crippen LogP) is 4.47. The third-order valence-electron chi connectivity index (χ3n) is 5.20. The average molecular weight is 409 g/mol. The topological polar surface area (TPSA) is 50.5 Å². The Morgan fingerprint density at radius 1 is 1.14 bits per heavy atom. The zero-order valence-corrected chi connectivity index (χ0v) is 17.0. The molecular formula is C21H20N4OS2. The Morgan fingerprint density at radius 2 is 2.04 bits per heavy atom. The van der Waals surface area contributed by atoms with Crippen molar-refractivity contribution in [3.63, 3.8) is 0 Å². The monoisotopic (exact) mass is 408 g/mol. The molecule has 4 aromatic rings. The van der Waals surface area contributed by atoms with Gasteiger partial charge >= 0.3 is 0 Å². The third kappa shape index (κ3) is 3.47. The van der Waals surface area contributed by atoms with Gasteiger partial charge in [0, 0.05) is 40.5 Å². The van der Waals surface area contributed by atoms with Crippen LogP contribution in [-0.2, 0) is 11.2 Å². The van der Waals surface area contributed by atoms with Crippen molar-refractivity contribution in [1.29, 1.82) is 0 Å². The van der Waals surface area contributed by atoms with E-state index in [1.807, 2.05) is 39.2 Å². The molecule has 4 aromatic heterocycles. The van der Waals surface area contributed by atoms with Gasteiger partial charge in [-0.3, -0.25) is 4.79 Å². The lowest BCUT2D eigenvalue weighted by molar-refractivity contribution is -0.131. The van der Waals surface area contributed by atoms with E-state index in [2.05, 4.69) is 23.6 Å². The number of carbonyl (C=O) groups is 1. The van der Waals surface area contributed by atoms with E-state index in [0.717, 1.165) is 41.3 Å². The van der Waals surface area contributed by atoms with E-state index in [9.17, 15) is 4.79 Å². The Labute approximate surface area is 171 Å². The number of amides is 1. The summed E-state index contributed by atoms with van der Waals surface area (Å²) in [7, 11) is 0. The molecule has 0 unspecified atom stereocenters. The molecule has 28 heavy (non-hydrogen) atoms. The largest absolute Gasteiger partial charge is 0.342 e. The van der Waals surface area contributed by atoms with Gasteiger partial charge in [0.25, 0.3) is 0 Å². The van der Waals surface area contributed by atoms with Gasteiger partial charge in [0.15, 0.2) is 11.5 Å². The first-order valence-electron chi connectivity index (χ1n) is 9.46. The second kappa shape index (κ2) is 7.48. The van der Waals surface area contributed by atoms with E-state index in [-0.39, 0.29) is 11.8 Å². The summed E-state index contributed by atoms with van der Waals surface area (Å²) in [5.74, 6) is 1.25. The highest BCUT2D eigenvalue weighted by Gasteiger charge is 2.27. The van der Waals surface area contributed by atoms with Crippen LogP contribution < -0.4 is 0 Å². The van der Waals surface area contributed by atoms with Gasteiger partial charge in [-0.05, 0) is 47.9 Å². The summed E-state index contributed by atoms with van der Waals surface area (Å²) in [5, 5.41) is 8.85. The molecule has 1 aliphatic rings. The molecule has 0 spiro atoms. The van der Waals surface area contributed by atoms with Crippen molar-refractivity contribution in [1.82, 2.24) is 19.5 Å². The Morgan fingerprint density at radius 3 is 2.86 bits per heavy atom. The van der Waals surface area contributed by atoms with Crippen LogP contribution in [-0.4, -0.2) is 38.5 Å². The van der Waals surface area contributed by atoms with Gasteiger partial charge in [-0.25, -0.2) is 9.50 Å². The highest BCUT2D eigenvalue weighted by molar-refractivity contribution is 7.13. The molecule has 1 amide bonds. The average Bonchev–Trinajstić information content (AvgIpc) is 3.48. The zero-order chi connectivity index (χ0) is 18.9. The number of hydrogen-bond donors (Lipinski definition) is 0. The number of carbonyl (C=O) groups excluding carboxylic acids is 1. The summed E-state index contributed by atoms with van der Waals surface area (Å²) >= 11 is 3.36. The SMILES string of the molecule is O=C(Cc1cccs1)N1CCC[C@H](c2nc3ccc(-c4cccs4)cn3n2)C1. The van der Waals surface area contributed by atoms with Crippen LogP contribution in [0.25, 0.3) is 16.1 Å². The van der Waals surface area contributed by atoms with Gasteiger partial charge in [-0.15, -0.1) is 22.7 Å². The van der Waals surface area contributed by atoms with Crippen molar-refractivity contribution < 1.29 is 4.79 Å². The smallest absolute Gasteiger partial charge is 0.227 e. The second-order valence-electron chi connectivity index (χ2n) is 7.10. The summed E-state index contributed by atoms with van der Waals surface area (Å²) in [6, 6.07) is 12.3. The van der Waals surface area contributed by atoms with Crippen molar-refractivity contribution in [2.45, 2.75) is 25.2 Å². The molecule has 0 bridgehead atoms. The quantitative estimate of drug-likeness (QED) is 0.501. The number of fused-ring (bicyclic) bond motifs is 1. The van der Waals surface area contributed by atoms with E-state index in [4.69, 9.17) is 10.1 Å². The second-order valence-corrected chi connectivity index (χ2v) is 9.08. The number of thiophene rings is 2. The maximum atomic E-state index is 12.7. The Kier molecular flexibility index (Phi) is 4.70. The van der Waals surface area contributed by atoms with Crippen LogP contribution in [0.4, 0.5) is 0 Å². The molecule has 1 fully saturated rings. The number of hydrogen-bond acceptors (Lipinski definition) is 5. The van der Waals surface area contributed by atoms with Crippen LogP contribution in [0.15, 0.2) is 53.4 Å². The molecular weight excluding hydrogens is 388 g/mol. The molecule has 0 radical (unpaired) electrons. The molecule has 0 aliphatic carbocycles. The van der Waals surface area contributed by atoms with Crippen molar-refractivity contribution in [3.05, 3.63) is 64.1 Å². The van der Waals surface area contributed by atoms with Crippen molar-refractivity contribution in [2.75, 3.05) is 13.1 Å². The summed E-state index contributed by atoms with van der Waals surface area (Å²) < 4.78 is 1.87. The number of nitrogens with zero attached hydrogens (tertiary/aromatic N) is 4. The lowest BCUT2D eigenvalue weighted by Gasteiger charge is -2.31. The Hall–Kier alpha value is -2.51. The molecule has 0 N–H and O–H groups in total. The van der Waals surface area contributed by atoms with Crippen LogP contribution >= 0.6 is 22.7 Å². The van der Waals surface area contributed by atoms with Gasteiger partial charge in [-0.2, -0.15) is 5.10 Å². The van der Waals surface area contributed by atoms with E-state index in [0.29, 0.717) is 13.0 Å². The van der Waals surface area contributed by atoms with E-state index in [1.165, 1.54) is 4.88 Å². The van der Waals surface area contributed by atoms with E-state index >= 15 is 0 Å². The van der Waals surface area contributed by atoms with E-state index in [1.54, 1.807) is 22.7 Å². The molecule has 0 saturated carbocycles. The maximum Gasteiger partial charge on any atom is 0.227 e. The van der Waals surface area contributed by atoms with Crippen molar-refractivity contribution >= 4 is 34.2 Å². The number of rotatable bonds is 4. The van der Waals surface area contributed by atoms with Crippen LogP contribution in [0.3, 0.4) is 0 Å². The van der Waals surface area contributed by atoms with Crippen molar-refractivity contribution in [2.24, 2.45) is 0 Å². The fourth-order valence-electron chi connectivity index (χ4n) is 3.75. The van der Waals surface area contributed by atoms with Crippen LogP contribution in [0.2, 0.25) is 0 Å². The van der Waals surface area contributed by atoms with Crippen LogP contribution in [0, 0.1) is 0 Å². The number of piperidine rings is 1. The maximum absolute atomic E-state index is 12.7. The van der Waals surface area contributed by atoms with Crippen LogP contribution in [0.5, 0.6) is 0 Å². The summed E-state index contributed by atoms with van der Waals surface area (Å²) in [5.41, 5.74) is 2.01. The van der Waals surface area contributed by atoms with Gasteiger partial charge in [0.2, 0.25) is 5.91 Å². The highest BCUT2D eigenvalue weighted by atomic mass is 32.1. The molecule has 0 aromatic carbocycles. The Balaban J connectivity index is 1.35. The van der Waals surface area contributed by atoms with Gasteiger partial charge in [0.1, 0.15) is 0 Å². The molecule has 1 saturated heterocycles. The standard InChI is InChI=1S/C21H20N4OS2/c26-20(12-17-5-2-10-27-17)24-9-1-4-16(13-24)21-22-19-8-7-15(14-25(19)23-21)18-6-3-11-28-18/h2-3,5-8,10-11,14,16H,1,4,9,12-13H2/t16-/m0/s1. The Bertz CT molecular complexity index is 1090. The predicted molar refractivity (Wildman–Crippen MR) is 113 cm³/mol. The first-order valence-corrected chi connectivity index (χ1v) is 11.2. The minimum absolute atomic E-state index is 0.200. The first kappa shape index (κ1) is 17.6. The molecule has 5 nitrogen and oxygen atoms in total. The summed E-state index contributed by atoms with van der Waals surface area (Å²) in [6.07, 6.45) is 4.56. The third-order valence-corrected chi connectivity index (χ3v) is 6.99. The van der Waals surface area contributed by atoms with Gasteiger partial charge in [-0.1, -0.05) is 12.1 Å². The zero-order valence-electron chi connectivity index (χ0n) is 15.3. The molecule has 1 atom stereocenters. The fraction of sp³-hybridized carbons (Fsp3) is 0.286. The highest BCUT2D eigenvalue weighted by Crippen LogP contribution is 2.28. The van der Waals surface area contributed by atoms with Crippen LogP contribution in [0.1, 0.15) is 29.5 Å². The molecule has 5 rings (SSSR count). The van der Waals surface area contributed by atoms with Gasteiger partial charge < -0.3 is 4.90 Å². The van der Waals surface area contributed by atoms with Crippen molar-refractivity contribution in [3.8, 4) is 10.4 Å². The minimum atomic E-state index is 0.200. The molecule has 7 heteroatoms. The molecule has 1 aliphatic heterocycles. The lowest BCUT2D eigenvalue weighted by Crippen LogP contribution is -2.40. The minimum Gasteiger partial charge on any atom is -0.342 e. The fourth-order valence-corrected chi connectivity index (χ4v) is 5.16. The number of pyridine rings is 1.